The lowest BCUT2D eigenvalue weighted by molar-refractivity contribution is -0.110. The Balaban J connectivity index is 1.83. The third-order valence-corrected chi connectivity index (χ3v) is 5.03. The lowest BCUT2D eigenvalue weighted by Crippen LogP contribution is -2.11. The van der Waals surface area contributed by atoms with Gasteiger partial charge < -0.3 is 10.6 Å². The van der Waals surface area contributed by atoms with Crippen LogP contribution < -0.4 is 15.4 Å². The quantitative estimate of drug-likeness (QED) is 0.560. The van der Waals surface area contributed by atoms with Gasteiger partial charge in [-0.15, -0.1) is 0 Å². The summed E-state index contributed by atoms with van der Waals surface area (Å²) >= 11 is 0. The highest BCUT2D eigenvalue weighted by atomic mass is 32.2. The lowest BCUT2D eigenvalue weighted by atomic mass is 10.00. The zero-order chi connectivity index (χ0) is 20.4. The molecule has 0 saturated carbocycles. The first kappa shape index (κ1) is 18.8. The number of carbonyl (C=O) groups excluding carboxylic acids is 1. The van der Waals surface area contributed by atoms with E-state index < -0.39 is 10.0 Å². The Kier molecular flexibility index (Phi) is 4.82. The van der Waals surface area contributed by atoms with Gasteiger partial charge in [0.25, 0.3) is 5.91 Å². The molecule has 1 amide bonds. The van der Waals surface area contributed by atoms with E-state index in [-0.39, 0.29) is 5.91 Å². The van der Waals surface area contributed by atoms with E-state index in [2.05, 4.69) is 15.4 Å². The van der Waals surface area contributed by atoms with Gasteiger partial charge in [0.15, 0.2) is 0 Å². The Labute approximate surface area is 169 Å². The second-order valence-electron chi connectivity index (χ2n) is 6.70. The number of rotatable bonds is 5. The molecule has 146 valence electrons. The highest BCUT2D eigenvalue weighted by Crippen LogP contribution is 2.37. The molecule has 0 radical (unpaired) electrons. The highest BCUT2D eigenvalue weighted by molar-refractivity contribution is 7.92. The predicted octanol–water partition coefficient (Wildman–Crippen LogP) is 3.99. The topological polar surface area (TPSA) is 87.3 Å². The van der Waals surface area contributed by atoms with Crippen LogP contribution >= 0.6 is 0 Å². The molecule has 0 aliphatic carbocycles. The molecule has 3 N–H and O–H groups in total. The summed E-state index contributed by atoms with van der Waals surface area (Å²) < 4.78 is 25.6. The van der Waals surface area contributed by atoms with Crippen molar-refractivity contribution in [2.45, 2.75) is 0 Å². The van der Waals surface area contributed by atoms with E-state index in [0.29, 0.717) is 22.6 Å². The molecular formula is C22H19N3O3S. The molecule has 29 heavy (non-hydrogen) atoms. The molecule has 4 rings (SSSR count). The van der Waals surface area contributed by atoms with Crippen molar-refractivity contribution in [1.82, 2.24) is 0 Å². The van der Waals surface area contributed by atoms with Gasteiger partial charge in [0, 0.05) is 16.9 Å². The first-order valence-electron chi connectivity index (χ1n) is 8.96. The molecule has 7 heteroatoms. The maximum Gasteiger partial charge on any atom is 0.258 e. The Morgan fingerprint density at radius 1 is 0.862 bits per heavy atom. The monoisotopic (exact) mass is 405 g/mol. The summed E-state index contributed by atoms with van der Waals surface area (Å²) in [6.07, 6.45) is 1.10. The Morgan fingerprint density at radius 3 is 2.31 bits per heavy atom. The van der Waals surface area contributed by atoms with Gasteiger partial charge in [-0.25, -0.2) is 8.42 Å². The van der Waals surface area contributed by atoms with Crippen LogP contribution in [0, 0.1) is 0 Å². The van der Waals surface area contributed by atoms with Crippen molar-refractivity contribution >= 4 is 44.3 Å². The predicted molar refractivity (Wildman–Crippen MR) is 117 cm³/mol. The second-order valence-corrected chi connectivity index (χ2v) is 8.44. The van der Waals surface area contributed by atoms with Crippen molar-refractivity contribution in [2.75, 3.05) is 21.6 Å². The molecule has 3 aromatic carbocycles. The fourth-order valence-corrected chi connectivity index (χ4v) is 3.82. The van der Waals surface area contributed by atoms with Crippen molar-refractivity contribution in [3.05, 3.63) is 90.0 Å². The van der Waals surface area contributed by atoms with Gasteiger partial charge in [-0.2, -0.15) is 0 Å². The number of hydrogen-bond donors (Lipinski definition) is 3. The molecule has 0 saturated heterocycles. The Bertz CT molecular complexity index is 1220. The smallest absolute Gasteiger partial charge is 0.258 e. The van der Waals surface area contributed by atoms with Crippen LogP contribution in [-0.2, 0) is 14.8 Å². The molecule has 1 aliphatic rings. The third-order valence-electron chi connectivity index (χ3n) is 4.42. The number of nitrogens with one attached hydrogen (secondary N) is 3. The number of amides is 1. The van der Waals surface area contributed by atoms with E-state index >= 15 is 0 Å². The summed E-state index contributed by atoms with van der Waals surface area (Å²) in [5.74, 6) is -0.192. The summed E-state index contributed by atoms with van der Waals surface area (Å²) in [7, 11) is -3.39. The van der Waals surface area contributed by atoms with Gasteiger partial charge in [-0.1, -0.05) is 54.6 Å². The Hall–Kier alpha value is -3.58. The normalized spacial score (nSPS) is 14.7. The van der Waals surface area contributed by atoms with Crippen LogP contribution in [0.1, 0.15) is 11.1 Å². The van der Waals surface area contributed by atoms with E-state index in [4.69, 9.17) is 0 Å². The van der Waals surface area contributed by atoms with Gasteiger partial charge in [0.1, 0.15) is 0 Å². The Morgan fingerprint density at radius 2 is 1.55 bits per heavy atom. The van der Waals surface area contributed by atoms with Gasteiger partial charge in [-0.05, 0) is 29.8 Å². The number of carbonyl (C=O) groups is 1. The van der Waals surface area contributed by atoms with Crippen molar-refractivity contribution in [1.29, 1.82) is 0 Å². The van der Waals surface area contributed by atoms with E-state index in [0.717, 1.165) is 23.1 Å². The third kappa shape index (κ3) is 4.14. The van der Waals surface area contributed by atoms with Gasteiger partial charge in [0.2, 0.25) is 10.0 Å². The molecule has 0 fully saturated rings. The number of fused-ring (bicyclic) bond motifs is 1. The minimum absolute atomic E-state index is 0.192. The van der Waals surface area contributed by atoms with E-state index in [1.54, 1.807) is 18.2 Å². The van der Waals surface area contributed by atoms with Crippen molar-refractivity contribution < 1.29 is 13.2 Å². The largest absolute Gasteiger partial charge is 0.354 e. The molecule has 3 aromatic rings. The molecule has 0 aromatic heterocycles. The van der Waals surface area contributed by atoms with Gasteiger partial charge in [0.05, 0.1) is 23.2 Å². The van der Waals surface area contributed by atoms with Crippen molar-refractivity contribution in [3.63, 3.8) is 0 Å². The fourth-order valence-electron chi connectivity index (χ4n) is 3.27. The summed E-state index contributed by atoms with van der Waals surface area (Å²) in [5, 5.41) is 6.22. The maximum absolute atomic E-state index is 12.8. The second kappa shape index (κ2) is 7.44. The first-order valence-corrected chi connectivity index (χ1v) is 10.9. The summed E-state index contributed by atoms with van der Waals surface area (Å²) in [6, 6.07) is 24.0. The molecule has 0 unspecified atom stereocenters. The highest BCUT2D eigenvalue weighted by Gasteiger charge is 2.28. The SMILES string of the molecule is CS(=O)(=O)Nc1cccc(NC(=C2C(=O)Nc3ccccc32)c2ccccc2)c1. The van der Waals surface area contributed by atoms with Crippen LogP contribution in [-0.4, -0.2) is 20.6 Å². The number of para-hydroxylation sites is 1. The number of hydrogen-bond acceptors (Lipinski definition) is 4. The molecule has 0 bridgehead atoms. The minimum atomic E-state index is -3.39. The lowest BCUT2D eigenvalue weighted by Gasteiger charge is -2.15. The zero-order valence-corrected chi connectivity index (χ0v) is 16.5. The van der Waals surface area contributed by atoms with Crippen LogP contribution in [0.2, 0.25) is 0 Å². The van der Waals surface area contributed by atoms with Crippen LogP contribution in [0.3, 0.4) is 0 Å². The van der Waals surface area contributed by atoms with E-state index in [1.807, 2.05) is 60.7 Å². The van der Waals surface area contributed by atoms with Crippen molar-refractivity contribution in [3.8, 4) is 0 Å². The molecule has 0 spiro atoms. The minimum Gasteiger partial charge on any atom is -0.354 e. The average Bonchev–Trinajstić information content (AvgIpc) is 3.01. The fraction of sp³-hybridized carbons (Fsp3) is 0.0455. The standard InChI is InChI=1S/C22H19N3O3S/c1-29(27,28)25-17-11-7-10-16(14-17)23-21(15-8-3-2-4-9-15)20-18-12-5-6-13-19(18)24-22(20)26/h2-14,23,25H,1H3,(H,24,26). The number of anilines is 3. The van der Waals surface area contributed by atoms with E-state index in [9.17, 15) is 13.2 Å². The average molecular weight is 405 g/mol. The van der Waals surface area contributed by atoms with Crippen LogP contribution in [0.4, 0.5) is 17.1 Å². The molecule has 0 atom stereocenters. The van der Waals surface area contributed by atoms with Gasteiger partial charge in [-0.3, -0.25) is 9.52 Å². The molecule has 6 nitrogen and oxygen atoms in total. The number of benzene rings is 3. The summed E-state index contributed by atoms with van der Waals surface area (Å²) in [6.45, 7) is 0. The summed E-state index contributed by atoms with van der Waals surface area (Å²) in [5.41, 5.74) is 4.69. The zero-order valence-electron chi connectivity index (χ0n) is 15.6. The van der Waals surface area contributed by atoms with Gasteiger partial charge >= 0.3 is 0 Å². The molecule has 1 aliphatic heterocycles. The number of sulfonamides is 1. The first-order chi connectivity index (χ1) is 13.9. The van der Waals surface area contributed by atoms with Crippen molar-refractivity contribution in [2.24, 2.45) is 0 Å². The van der Waals surface area contributed by atoms with E-state index in [1.165, 1.54) is 0 Å². The maximum atomic E-state index is 12.8. The molecular weight excluding hydrogens is 386 g/mol. The summed E-state index contributed by atoms with van der Waals surface area (Å²) in [4.78, 5) is 12.8. The van der Waals surface area contributed by atoms with Crippen LogP contribution in [0.5, 0.6) is 0 Å². The van der Waals surface area contributed by atoms with Crippen LogP contribution in [0.25, 0.3) is 11.3 Å². The molecule has 1 heterocycles. The van der Waals surface area contributed by atoms with Crippen LogP contribution in [0.15, 0.2) is 78.9 Å².